The van der Waals surface area contributed by atoms with Gasteiger partial charge in [-0.25, -0.2) is 4.39 Å². The van der Waals surface area contributed by atoms with Crippen LogP contribution in [0.1, 0.15) is 13.3 Å². The minimum atomic E-state index is -0.254. The van der Waals surface area contributed by atoms with Crippen LogP contribution in [0.5, 0.6) is 0 Å². The number of nitrogens with one attached hydrogen (secondary N) is 1. The summed E-state index contributed by atoms with van der Waals surface area (Å²) in [7, 11) is 0. The van der Waals surface area contributed by atoms with Gasteiger partial charge in [0.2, 0.25) is 0 Å². The number of hydrogen-bond acceptors (Lipinski definition) is 6. The number of nitrogens with zero attached hydrogens (tertiary/aromatic N) is 2. The number of hydrogen-bond donors (Lipinski definition) is 2. The van der Waals surface area contributed by atoms with Gasteiger partial charge in [-0.3, -0.25) is 0 Å². The molecule has 0 aliphatic carbocycles. The van der Waals surface area contributed by atoms with E-state index in [4.69, 9.17) is 15.7 Å². The highest BCUT2D eigenvalue weighted by atomic mass is 32.2. The van der Waals surface area contributed by atoms with Crippen LogP contribution in [0.4, 0.5) is 4.39 Å². The van der Waals surface area contributed by atoms with Crippen LogP contribution in [-0.4, -0.2) is 43.5 Å². The Bertz CT molecular complexity index is 463. The first kappa shape index (κ1) is 18.4. The lowest BCUT2D eigenvalue weighted by Gasteiger charge is -2.24. The molecule has 0 unspecified atom stereocenters. The zero-order valence-electron chi connectivity index (χ0n) is 12.8. The van der Waals surface area contributed by atoms with Crippen molar-refractivity contribution in [2.45, 2.75) is 13.3 Å². The lowest BCUT2D eigenvalue weighted by molar-refractivity contribution is 0.145. The van der Waals surface area contributed by atoms with Crippen molar-refractivity contribution in [3.8, 4) is 5.40 Å². The maximum atomic E-state index is 14.3. The molecule has 0 aromatic carbocycles. The number of ether oxygens (including phenoxy) is 1. The molecule has 7 heteroatoms. The van der Waals surface area contributed by atoms with Gasteiger partial charge >= 0.3 is 0 Å². The molecule has 1 fully saturated rings. The Morgan fingerprint density at radius 1 is 1.50 bits per heavy atom. The van der Waals surface area contributed by atoms with Crippen LogP contribution in [0.15, 0.2) is 35.6 Å². The molecular formula is C15H23FN4OS. The molecule has 0 spiro atoms. The fourth-order valence-corrected chi connectivity index (χ4v) is 2.37. The number of nitrogens with two attached hydrogens (primary N) is 1. The van der Waals surface area contributed by atoms with Crippen LogP contribution < -0.4 is 11.1 Å². The first-order valence-corrected chi connectivity index (χ1v) is 8.21. The lowest BCUT2D eigenvalue weighted by atomic mass is 10.2. The Hall–Kier alpha value is -1.65. The van der Waals surface area contributed by atoms with Crippen molar-refractivity contribution >= 4 is 11.8 Å². The predicted molar refractivity (Wildman–Crippen MR) is 88.3 cm³/mol. The molecule has 3 N–H and O–H groups in total. The van der Waals surface area contributed by atoms with Crippen LogP contribution in [0.2, 0.25) is 0 Å². The summed E-state index contributed by atoms with van der Waals surface area (Å²) in [6.45, 7) is 5.02. The van der Waals surface area contributed by atoms with Crippen molar-refractivity contribution in [3.63, 3.8) is 0 Å². The molecule has 0 saturated carbocycles. The van der Waals surface area contributed by atoms with E-state index in [2.05, 4.69) is 5.32 Å². The highest BCUT2D eigenvalue weighted by Gasteiger charge is 2.15. The van der Waals surface area contributed by atoms with Crippen molar-refractivity contribution in [2.75, 3.05) is 38.6 Å². The van der Waals surface area contributed by atoms with Crippen LogP contribution in [0, 0.1) is 10.7 Å². The van der Waals surface area contributed by atoms with Crippen LogP contribution >= 0.6 is 11.8 Å². The smallest absolute Gasteiger partial charge is 0.143 e. The van der Waals surface area contributed by atoms with E-state index < -0.39 is 0 Å². The summed E-state index contributed by atoms with van der Waals surface area (Å²) < 4.78 is 19.7. The highest BCUT2D eigenvalue weighted by molar-refractivity contribution is 8.03. The van der Waals surface area contributed by atoms with Gasteiger partial charge in [-0.2, -0.15) is 5.26 Å². The maximum absolute atomic E-state index is 14.3. The van der Waals surface area contributed by atoms with Gasteiger partial charge in [-0.1, -0.05) is 6.08 Å². The predicted octanol–water partition coefficient (Wildman–Crippen LogP) is 2.07. The van der Waals surface area contributed by atoms with E-state index in [9.17, 15) is 4.39 Å². The number of halogens is 1. The lowest BCUT2D eigenvalue weighted by Crippen LogP contribution is -2.26. The molecule has 1 saturated heterocycles. The average Bonchev–Trinajstić information content (AvgIpc) is 2.79. The average molecular weight is 326 g/mol. The third kappa shape index (κ3) is 6.87. The summed E-state index contributed by atoms with van der Waals surface area (Å²) in [5, 5.41) is 13.3. The topological polar surface area (TPSA) is 74.3 Å². The first-order valence-electron chi connectivity index (χ1n) is 7.22. The molecule has 0 atom stereocenters. The van der Waals surface area contributed by atoms with Crippen molar-refractivity contribution < 1.29 is 9.13 Å². The fourth-order valence-electron chi connectivity index (χ4n) is 2.06. The molecular weight excluding hydrogens is 303 g/mol. The quantitative estimate of drug-likeness (QED) is 0.424. The first-order chi connectivity index (χ1) is 10.7. The molecule has 5 nitrogen and oxygen atoms in total. The minimum absolute atomic E-state index is 0.254. The molecule has 1 rings (SSSR count). The Kier molecular flexibility index (Phi) is 9.19. The third-order valence-corrected chi connectivity index (χ3v) is 3.68. The number of thiocyanates is 1. The Morgan fingerprint density at radius 2 is 2.32 bits per heavy atom. The van der Waals surface area contributed by atoms with E-state index in [1.54, 1.807) is 12.3 Å². The maximum Gasteiger partial charge on any atom is 0.143 e. The molecule has 0 amide bonds. The highest BCUT2D eigenvalue weighted by Crippen LogP contribution is 2.18. The second-order valence-electron chi connectivity index (χ2n) is 4.69. The summed E-state index contributed by atoms with van der Waals surface area (Å²) in [4.78, 5) is 2.01. The Morgan fingerprint density at radius 3 is 3.05 bits per heavy atom. The van der Waals surface area contributed by atoms with Gasteiger partial charge in [-0.15, -0.1) is 0 Å². The molecule has 0 aromatic rings. The third-order valence-electron chi connectivity index (χ3n) is 3.07. The summed E-state index contributed by atoms with van der Waals surface area (Å²) in [6, 6.07) is 0. The van der Waals surface area contributed by atoms with E-state index in [0.29, 0.717) is 36.8 Å². The van der Waals surface area contributed by atoms with E-state index in [0.717, 1.165) is 31.3 Å². The molecule has 1 aliphatic heterocycles. The zero-order valence-corrected chi connectivity index (χ0v) is 13.7. The van der Waals surface area contributed by atoms with Gasteiger partial charge in [-0.05, 0) is 31.2 Å². The molecule has 0 bridgehead atoms. The summed E-state index contributed by atoms with van der Waals surface area (Å²) in [5.41, 5.74) is 6.83. The van der Waals surface area contributed by atoms with Crippen LogP contribution in [-0.2, 0) is 4.74 Å². The van der Waals surface area contributed by atoms with Crippen LogP contribution in [0.3, 0.4) is 0 Å². The van der Waals surface area contributed by atoms with Crippen molar-refractivity contribution in [1.29, 1.82) is 5.26 Å². The molecule has 122 valence electrons. The van der Waals surface area contributed by atoms with Crippen molar-refractivity contribution in [1.82, 2.24) is 10.2 Å². The Labute approximate surface area is 135 Å². The molecule has 1 heterocycles. The van der Waals surface area contributed by atoms with Crippen molar-refractivity contribution in [3.05, 3.63) is 35.6 Å². The number of rotatable bonds is 7. The van der Waals surface area contributed by atoms with Gasteiger partial charge in [0.05, 0.1) is 12.3 Å². The zero-order chi connectivity index (χ0) is 16.2. The van der Waals surface area contributed by atoms with E-state index >= 15 is 0 Å². The summed E-state index contributed by atoms with van der Waals surface area (Å²) >= 11 is 1.06. The number of allylic oxidation sites excluding steroid dienone is 2. The van der Waals surface area contributed by atoms with E-state index in [1.165, 1.54) is 6.08 Å². The van der Waals surface area contributed by atoms with Crippen molar-refractivity contribution in [2.24, 2.45) is 5.73 Å². The van der Waals surface area contributed by atoms with E-state index in [-0.39, 0.29) is 5.83 Å². The molecule has 22 heavy (non-hydrogen) atoms. The molecule has 0 radical (unpaired) electrons. The van der Waals surface area contributed by atoms with Gasteiger partial charge in [0.1, 0.15) is 11.2 Å². The van der Waals surface area contributed by atoms with Gasteiger partial charge in [0.25, 0.3) is 0 Å². The SMILES string of the molecule is C/C=C(\C(F)=C/CN/C=C(\N)CSC#N)N1CCCOCC1. The number of thioether (sulfide) groups is 1. The van der Waals surface area contributed by atoms with Gasteiger partial charge < -0.3 is 20.7 Å². The summed E-state index contributed by atoms with van der Waals surface area (Å²) in [5.74, 6) is 0.180. The minimum Gasteiger partial charge on any atom is -0.400 e. The van der Waals surface area contributed by atoms with Crippen LogP contribution in [0.25, 0.3) is 0 Å². The largest absolute Gasteiger partial charge is 0.400 e. The normalized spacial score (nSPS) is 17.9. The second-order valence-corrected chi connectivity index (χ2v) is 5.45. The number of nitriles is 1. The summed E-state index contributed by atoms with van der Waals surface area (Å²) in [6.07, 6.45) is 5.77. The van der Waals surface area contributed by atoms with Gasteiger partial charge in [0.15, 0.2) is 0 Å². The molecule has 1 aliphatic rings. The Balaban J connectivity index is 2.49. The second kappa shape index (κ2) is 11.0. The van der Waals surface area contributed by atoms with Gasteiger partial charge in [0, 0.05) is 43.9 Å². The monoisotopic (exact) mass is 326 g/mol. The standard InChI is InChI=1S/C15H23FN4OS/c1-2-15(20-6-3-8-21-9-7-20)14(16)4-5-19-10-13(18)11-22-12-17/h2,4,10,19H,3,5-9,11,18H2,1H3/b13-10-,14-4+,15-2+. The van der Waals surface area contributed by atoms with E-state index in [1.807, 2.05) is 17.2 Å². The molecule has 0 aromatic heterocycles. The fraction of sp³-hybridized carbons (Fsp3) is 0.533.